The number of hydrogen-bond donors (Lipinski definition) is 0. The summed E-state index contributed by atoms with van der Waals surface area (Å²) < 4.78 is 48.0. The Kier molecular flexibility index (Phi) is 5.62. The SMILES string of the molecule is C[C@@H]1CN(c2cc3c(c(C4=CCC(C(F)(F)F)CC4)n2)CN(C)C3=O)C[C@H](c2cnn(C3CC3)c2)O1. The highest BCUT2D eigenvalue weighted by Gasteiger charge is 2.41. The van der Waals surface area contributed by atoms with Gasteiger partial charge in [-0.15, -0.1) is 0 Å². The van der Waals surface area contributed by atoms with Crippen LogP contribution in [0.25, 0.3) is 5.57 Å². The zero-order chi connectivity index (χ0) is 25.2. The molecule has 1 saturated carbocycles. The van der Waals surface area contributed by atoms with E-state index in [0.717, 1.165) is 29.5 Å². The summed E-state index contributed by atoms with van der Waals surface area (Å²) in [5.74, 6) is -0.733. The molecule has 7 nitrogen and oxygen atoms in total. The Hall–Kier alpha value is -2.88. The summed E-state index contributed by atoms with van der Waals surface area (Å²) in [5.41, 5.74) is 3.89. The number of allylic oxidation sites excluding steroid dienone is 2. The monoisotopic (exact) mass is 501 g/mol. The lowest BCUT2D eigenvalue weighted by Crippen LogP contribution is -2.43. The number of morpholine rings is 1. The fraction of sp³-hybridized carbons (Fsp3) is 0.577. The van der Waals surface area contributed by atoms with Gasteiger partial charge in [-0.1, -0.05) is 6.08 Å². The number of carbonyl (C=O) groups is 1. The van der Waals surface area contributed by atoms with Gasteiger partial charge in [0.2, 0.25) is 0 Å². The van der Waals surface area contributed by atoms with Crippen molar-refractivity contribution in [1.29, 1.82) is 0 Å². The van der Waals surface area contributed by atoms with Crippen molar-refractivity contribution in [3.63, 3.8) is 0 Å². The Morgan fingerprint density at radius 1 is 1.17 bits per heavy atom. The fourth-order valence-corrected chi connectivity index (χ4v) is 5.58. The van der Waals surface area contributed by atoms with Crippen LogP contribution in [0.4, 0.5) is 19.0 Å². The molecule has 2 fully saturated rings. The van der Waals surface area contributed by atoms with Gasteiger partial charge in [0.05, 0.1) is 42.1 Å². The summed E-state index contributed by atoms with van der Waals surface area (Å²) in [6.07, 6.45) is 3.75. The number of rotatable bonds is 4. The molecular weight excluding hydrogens is 471 g/mol. The van der Waals surface area contributed by atoms with Gasteiger partial charge in [0, 0.05) is 37.5 Å². The Morgan fingerprint density at radius 3 is 2.67 bits per heavy atom. The molecule has 4 heterocycles. The van der Waals surface area contributed by atoms with E-state index in [0.29, 0.717) is 49.2 Å². The summed E-state index contributed by atoms with van der Waals surface area (Å²) in [4.78, 5) is 21.7. The van der Waals surface area contributed by atoms with Crippen molar-refractivity contribution in [2.75, 3.05) is 25.0 Å². The number of hydrogen-bond acceptors (Lipinski definition) is 5. The first-order valence-electron chi connectivity index (χ1n) is 12.7. The number of alkyl halides is 3. The van der Waals surface area contributed by atoms with Gasteiger partial charge in [0.15, 0.2) is 0 Å². The number of nitrogens with zero attached hydrogens (tertiary/aromatic N) is 5. The van der Waals surface area contributed by atoms with Crippen molar-refractivity contribution >= 4 is 17.3 Å². The Balaban J connectivity index is 1.32. The van der Waals surface area contributed by atoms with Crippen LogP contribution in [-0.2, 0) is 11.3 Å². The van der Waals surface area contributed by atoms with Crippen molar-refractivity contribution in [2.24, 2.45) is 5.92 Å². The van der Waals surface area contributed by atoms with E-state index in [1.165, 1.54) is 0 Å². The number of amides is 1. The molecule has 1 unspecified atom stereocenters. The second-order valence-corrected chi connectivity index (χ2v) is 10.6. The second-order valence-electron chi connectivity index (χ2n) is 10.6. The minimum absolute atomic E-state index is 0.0431. The topological polar surface area (TPSA) is 63.5 Å². The molecule has 10 heteroatoms. The number of anilines is 1. The zero-order valence-electron chi connectivity index (χ0n) is 20.5. The van der Waals surface area contributed by atoms with Crippen LogP contribution in [0, 0.1) is 5.92 Å². The Labute approximate surface area is 207 Å². The summed E-state index contributed by atoms with van der Waals surface area (Å²) in [5, 5.41) is 4.51. The summed E-state index contributed by atoms with van der Waals surface area (Å²) >= 11 is 0. The first-order valence-corrected chi connectivity index (χ1v) is 12.7. The van der Waals surface area contributed by atoms with Crippen molar-refractivity contribution < 1.29 is 22.7 Å². The lowest BCUT2D eigenvalue weighted by Gasteiger charge is -2.37. The van der Waals surface area contributed by atoms with Crippen LogP contribution < -0.4 is 4.90 Å². The van der Waals surface area contributed by atoms with E-state index < -0.39 is 12.1 Å². The Bertz CT molecular complexity index is 1220. The molecule has 0 spiro atoms. The second kappa shape index (κ2) is 8.61. The number of ether oxygens (including phenoxy) is 1. The van der Waals surface area contributed by atoms with Crippen LogP contribution in [-0.4, -0.2) is 58.0 Å². The molecule has 0 bridgehead atoms. The average Bonchev–Trinajstić information content (AvgIpc) is 3.51. The van der Waals surface area contributed by atoms with Crippen LogP contribution in [0.2, 0.25) is 0 Å². The minimum Gasteiger partial charge on any atom is -0.367 e. The van der Waals surface area contributed by atoms with Crippen molar-refractivity contribution in [2.45, 2.75) is 70.0 Å². The summed E-state index contributed by atoms with van der Waals surface area (Å²) in [7, 11) is 1.74. The molecule has 1 amide bonds. The lowest BCUT2D eigenvalue weighted by atomic mass is 9.86. The molecule has 0 N–H and O–H groups in total. The summed E-state index contributed by atoms with van der Waals surface area (Å²) in [6, 6.07) is 2.33. The van der Waals surface area contributed by atoms with E-state index in [-0.39, 0.29) is 31.0 Å². The van der Waals surface area contributed by atoms with E-state index >= 15 is 0 Å². The molecule has 6 rings (SSSR count). The van der Waals surface area contributed by atoms with E-state index in [1.54, 1.807) is 18.0 Å². The van der Waals surface area contributed by atoms with Gasteiger partial charge in [-0.25, -0.2) is 4.98 Å². The largest absolute Gasteiger partial charge is 0.392 e. The van der Waals surface area contributed by atoms with Gasteiger partial charge in [0.25, 0.3) is 5.91 Å². The van der Waals surface area contributed by atoms with Crippen molar-refractivity contribution in [1.82, 2.24) is 19.7 Å². The third-order valence-electron chi connectivity index (χ3n) is 7.76. The normalized spacial score (nSPS) is 26.9. The third kappa shape index (κ3) is 4.29. The van der Waals surface area contributed by atoms with E-state index in [4.69, 9.17) is 9.72 Å². The average molecular weight is 502 g/mol. The fourth-order valence-electron chi connectivity index (χ4n) is 5.58. The van der Waals surface area contributed by atoms with Gasteiger partial charge < -0.3 is 14.5 Å². The molecular formula is C26H30F3N5O2. The molecule has 2 aliphatic heterocycles. The van der Waals surface area contributed by atoms with Gasteiger partial charge in [0.1, 0.15) is 11.9 Å². The van der Waals surface area contributed by atoms with Gasteiger partial charge in [-0.05, 0) is 50.7 Å². The molecule has 2 aromatic heterocycles. The molecule has 0 radical (unpaired) electrons. The predicted octanol–water partition coefficient (Wildman–Crippen LogP) is 4.91. The minimum atomic E-state index is -4.19. The number of pyridine rings is 1. The van der Waals surface area contributed by atoms with Gasteiger partial charge in [-0.2, -0.15) is 18.3 Å². The summed E-state index contributed by atoms with van der Waals surface area (Å²) in [6.45, 7) is 3.60. The number of halogens is 3. The van der Waals surface area contributed by atoms with Crippen LogP contribution in [0.5, 0.6) is 0 Å². The highest BCUT2D eigenvalue weighted by molar-refractivity contribution is 6.00. The quantitative estimate of drug-likeness (QED) is 0.596. The van der Waals surface area contributed by atoms with Crippen LogP contribution >= 0.6 is 0 Å². The standard InChI is InChI=1S/C26H30F3N5O2/c1-15-11-33(14-22(36-15)17-10-30-34(12-17)19-7-8-19)23-9-20-21(13-32(2)25(20)35)24(31-23)16-3-5-18(6-4-16)26(27,28)29/h3,9-10,12,15,18-19,22H,4-8,11,13-14H2,1-2H3/t15-,18?,22-/m1/s1. The highest BCUT2D eigenvalue weighted by Crippen LogP contribution is 2.42. The highest BCUT2D eigenvalue weighted by atomic mass is 19.4. The third-order valence-corrected chi connectivity index (χ3v) is 7.76. The molecule has 2 aliphatic carbocycles. The van der Waals surface area contributed by atoms with Gasteiger partial charge >= 0.3 is 6.18 Å². The maximum Gasteiger partial charge on any atom is 0.392 e. The molecule has 2 aromatic rings. The van der Waals surface area contributed by atoms with Crippen LogP contribution in [0.1, 0.15) is 78.4 Å². The number of fused-ring (bicyclic) bond motifs is 1. The van der Waals surface area contributed by atoms with E-state index in [1.807, 2.05) is 23.9 Å². The van der Waals surface area contributed by atoms with Crippen LogP contribution in [0.3, 0.4) is 0 Å². The lowest BCUT2D eigenvalue weighted by molar-refractivity contribution is -0.175. The maximum atomic E-state index is 13.2. The molecule has 1 saturated heterocycles. The first kappa shape index (κ1) is 23.5. The van der Waals surface area contributed by atoms with Gasteiger partial charge in [-0.3, -0.25) is 9.48 Å². The zero-order valence-corrected chi connectivity index (χ0v) is 20.5. The Morgan fingerprint density at radius 2 is 1.97 bits per heavy atom. The van der Waals surface area contributed by atoms with E-state index in [9.17, 15) is 18.0 Å². The van der Waals surface area contributed by atoms with Crippen LogP contribution in [0.15, 0.2) is 24.5 Å². The smallest absolute Gasteiger partial charge is 0.367 e. The molecule has 192 valence electrons. The van der Waals surface area contributed by atoms with E-state index in [2.05, 4.69) is 16.2 Å². The van der Waals surface area contributed by atoms with Crippen molar-refractivity contribution in [3.05, 3.63) is 46.9 Å². The first-order chi connectivity index (χ1) is 17.2. The molecule has 3 atom stereocenters. The number of carbonyl (C=O) groups excluding carboxylic acids is 1. The maximum absolute atomic E-state index is 13.2. The molecule has 4 aliphatic rings. The number of aromatic nitrogens is 3. The molecule has 36 heavy (non-hydrogen) atoms. The predicted molar refractivity (Wildman–Crippen MR) is 127 cm³/mol. The van der Waals surface area contributed by atoms with Crippen molar-refractivity contribution in [3.8, 4) is 0 Å². The molecule has 0 aromatic carbocycles.